The van der Waals surface area contributed by atoms with Gasteiger partial charge in [-0.15, -0.1) is 6.58 Å². The van der Waals surface area contributed by atoms with E-state index in [0.29, 0.717) is 6.61 Å². The molecule has 0 fully saturated rings. The van der Waals surface area contributed by atoms with Crippen LogP contribution in [0.4, 0.5) is 0 Å². The van der Waals surface area contributed by atoms with E-state index in [1.807, 2.05) is 70.2 Å². The van der Waals surface area contributed by atoms with Crippen LogP contribution in [0.5, 0.6) is 11.5 Å². The molecular formula is C28H37N3O3. The van der Waals surface area contributed by atoms with Crippen molar-refractivity contribution in [3.63, 3.8) is 0 Å². The Bertz CT molecular complexity index is 1130. The Kier molecular flexibility index (Phi) is 8.37. The molecule has 0 aliphatic rings. The number of aromatic nitrogens is 2. The van der Waals surface area contributed by atoms with Gasteiger partial charge in [0.15, 0.2) is 11.5 Å². The average molecular weight is 464 g/mol. The highest BCUT2D eigenvalue weighted by molar-refractivity contribution is 5.82. The van der Waals surface area contributed by atoms with E-state index in [2.05, 4.69) is 22.5 Å². The number of para-hydroxylation sites is 2. The minimum Gasteiger partial charge on any atom is -0.493 e. The fourth-order valence-corrected chi connectivity index (χ4v) is 3.82. The van der Waals surface area contributed by atoms with Crippen LogP contribution in [0.15, 0.2) is 55.1 Å². The van der Waals surface area contributed by atoms with Gasteiger partial charge in [0.2, 0.25) is 5.91 Å². The van der Waals surface area contributed by atoms with Gasteiger partial charge in [0.25, 0.3) is 0 Å². The van der Waals surface area contributed by atoms with Crippen LogP contribution in [0, 0.1) is 5.41 Å². The maximum absolute atomic E-state index is 12.5. The van der Waals surface area contributed by atoms with Crippen molar-refractivity contribution in [3.8, 4) is 11.5 Å². The van der Waals surface area contributed by atoms with E-state index in [4.69, 9.17) is 14.5 Å². The number of hydrogen-bond acceptors (Lipinski definition) is 4. The van der Waals surface area contributed by atoms with Crippen molar-refractivity contribution in [2.24, 2.45) is 5.41 Å². The lowest BCUT2D eigenvalue weighted by molar-refractivity contribution is -0.129. The maximum atomic E-state index is 12.5. The minimum absolute atomic E-state index is 0.0139. The quantitative estimate of drug-likeness (QED) is 0.286. The minimum atomic E-state index is -0.451. The molecule has 0 bridgehead atoms. The van der Waals surface area contributed by atoms with Gasteiger partial charge in [-0.1, -0.05) is 45.0 Å². The molecule has 34 heavy (non-hydrogen) atoms. The first-order valence-electron chi connectivity index (χ1n) is 11.9. The molecule has 1 amide bonds. The van der Waals surface area contributed by atoms with Crippen molar-refractivity contribution in [1.82, 2.24) is 14.9 Å². The highest BCUT2D eigenvalue weighted by Gasteiger charge is 2.25. The smallest absolute Gasteiger partial charge is 0.225 e. The van der Waals surface area contributed by atoms with E-state index in [1.165, 1.54) is 0 Å². The lowest BCUT2D eigenvalue weighted by Gasteiger charge is -2.22. The molecule has 1 unspecified atom stereocenters. The van der Waals surface area contributed by atoms with Crippen molar-refractivity contribution >= 4 is 16.9 Å². The summed E-state index contributed by atoms with van der Waals surface area (Å²) in [5, 5.41) is 3.12. The summed E-state index contributed by atoms with van der Waals surface area (Å²) in [4.78, 5) is 17.4. The maximum Gasteiger partial charge on any atom is 0.225 e. The SMILES string of the molecule is C=CCc1ccc(OCCCCn2c(C(C)NC(=O)C(C)(C)C)nc3ccccc32)c(OC)c1. The molecule has 2 aromatic carbocycles. The van der Waals surface area contributed by atoms with Crippen LogP contribution in [0.2, 0.25) is 0 Å². The zero-order chi connectivity index (χ0) is 24.7. The number of benzene rings is 2. The molecule has 3 rings (SSSR count). The topological polar surface area (TPSA) is 65.4 Å². The second kappa shape index (κ2) is 11.2. The highest BCUT2D eigenvalue weighted by Crippen LogP contribution is 2.29. The first kappa shape index (κ1) is 25.3. The van der Waals surface area contributed by atoms with Gasteiger partial charge >= 0.3 is 0 Å². The highest BCUT2D eigenvalue weighted by atomic mass is 16.5. The standard InChI is InChI=1S/C28H37N3O3/c1-7-12-21-15-16-24(25(19-21)33-6)34-18-11-10-17-31-23-14-9-8-13-22(23)30-26(31)20(2)29-27(32)28(3,4)5/h7-9,13-16,19-20H,1,10-12,17-18H2,2-6H3,(H,29,32). The number of carbonyl (C=O) groups is 1. The Balaban J connectivity index is 1.64. The van der Waals surface area contributed by atoms with Gasteiger partial charge in [-0.25, -0.2) is 4.98 Å². The van der Waals surface area contributed by atoms with Crippen LogP contribution in [0.25, 0.3) is 11.0 Å². The molecule has 1 heterocycles. The first-order valence-corrected chi connectivity index (χ1v) is 11.9. The number of allylic oxidation sites excluding steroid dienone is 1. The molecule has 1 atom stereocenters. The fraction of sp³-hybridized carbons (Fsp3) is 0.429. The summed E-state index contributed by atoms with van der Waals surface area (Å²) in [5.41, 5.74) is 2.71. The summed E-state index contributed by atoms with van der Waals surface area (Å²) in [6, 6.07) is 13.9. The normalized spacial score (nSPS) is 12.4. The van der Waals surface area contributed by atoms with Crippen LogP contribution in [0.3, 0.4) is 0 Å². The lowest BCUT2D eigenvalue weighted by atomic mass is 9.95. The average Bonchev–Trinajstić information content (AvgIpc) is 3.18. The van der Waals surface area contributed by atoms with Crippen LogP contribution in [0.1, 0.15) is 58.0 Å². The van der Waals surface area contributed by atoms with E-state index in [0.717, 1.165) is 59.7 Å². The van der Waals surface area contributed by atoms with Gasteiger partial charge in [0.05, 0.1) is 30.8 Å². The molecule has 0 aliphatic heterocycles. The number of unbranched alkanes of at least 4 members (excludes halogenated alkanes) is 1. The number of imidazole rings is 1. The molecule has 0 spiro atoms. The van der Waals surface area contributed by atoms with Crippen molar-refractivity contribution in [2.75, 3.05) is 13.7 Å². The predicted octanol–water partition coefficient (Wildman–Crippen LogP) is 5.86. The molecule has 0 aliphatic carbocycles. The molecule has 0 radical (unpaired) electrons. The Morgan fingerprint density at radius 2 is 1.94 bits per heavy atom. The lowest BCUT2D eigenvalue weighted by Crippen LogP contribution is -2.37. The number of rotatable bonds is 11. The Hall–Kier alpha value is -3.28. The summed E-state index contributed by atoms with van der Waals surface area (Å²) >= 11 is 0. The molecule has 6 heteroatoms. The van der Waals surface area contributed by atoms with Crippen molar-refractivity contribution in [1.29, 1.82) is 0 Å². The number of amides is 1. The number of nitrogens with one attached hydrogen (secondary N) is 1. The molecule has 0 saturated heterocycles. The van der Waals surface area contributed by atoms with Gasteiger partial charge in [0, 0.05) is 12.0 Å². The molecular weight excluding hydrogens is 426 g/mol. The monoisotopic (exact) mass is 463 g/mol. The molecule has 1 N–H and O–H groups in total. The van der Waals surface area contributed by atoms with Crippen molar-refractivity contribution in [2.45, 2.75) is 59.5 Å². The van der Waals surface area contributed by atoms with Crippen LogP contribution in [-0.2, 0) is 17.8 Å². The van der Waals surface area contributed by atoms with Gasteiger partial charge in [-0.2, -0.15) is 0 Å². The van der Waals surface area contributed by atoms with E-state index in [1.54, 1.807) is 7.11 Å². The van der Waals surface area contributed by atoms with Crippen molar-refractivity contribution in [3.05, 3.63) is 66.5 Å². The van der Waals surface area contributed by atoms with E-state index >= 15 is 0 Å². The molecule has 1 aromatic heterocycles. The van der Waals surface area contributed by atoms with Gasteiger partial charge < -0.3 is 19.4 Å². The summed E-state index contributed by atoms with van der Waals surface area (Å²) < 4.78 is 13.7. The van der Waals surface area contributed by atoms with E-state index < -0.39 is 5.41 Å². The van der Waals surface area contributed by atoms with E-state index in [-0.39, 0.29) is 11.9 Å². The van der Waals surface area contributed by atoms with E-state index in [9.17, 15) is 4.79 Å². The number of carbonyl (C=O) groups excluding carboxylic acids is 1. The van der Waals surface area contributed by atoms with Crippen LogP contribution in [-0.4, -0.2) is 29.2 Å². The summed E-state index contributed by atoms with van der Waals surface area (Å²) in [6.07, 6.45) is 4.47. The van der Waals surface area contributed by atoms with Gasteiger partial charge in [-0.3, -0.25) is 4.79 Å². The Morgan fingerprint density at radius 1 is 1.18 bits per heavy atom. The predicted molar refractivity (Wildman–Crippen MR) is 137 cm³/mol. The van der Waals surface area contributed by atoms with Crippen molar-refractivity contribution < 1.29 is 14.3 Å². The third kappa shape index (κ3) is 6.19. The summed E-state index contributed by atoms with van der Waals surface area (Å²) in [6.45, 7) is 12.9. The summed E-state index contributed by atoms with van der Waals surface area (Å²) in [5.74, 6) is 2.38. The Labute approximate surface area is 203 Å². The summed E-state index contributed by atoms with van der Waals surface area (Å²) in [7, 11) is 1.66. The molecule has 0 saturated carbocycles. The number of nitrogens with zero attached hydrogens (tertiary/aromatic N) is 2. The fourth-order valence-electron chi connectivity index (χ4n) is 3.82. The first-order chi connectivity index (χ1) is 16.2. The van der Waals surface area contributed by atoms with Crippen LogP contribution < -0.4 is 14.8 Å². The Morgan fingerprint density at radius 3 is 2.65 bits per heavy atom. The third-order valence-corrected chi connectivity index (χ3v) is 5.74. The largest absolute Gasteiger partial charge is 0.493 e. The zero-order valence-corrected chi connectivity index (χ0v) is 21.1. The van der Waals surface area contributed by atoms with Crippen LogP contribution >= 0.6 is 0 Å². The molecule has 182 valence electrons. The zero-order valence-electron chi connectivity index (χ0n) is 21.1. The second-order valence-corrected chi connectivity index (χ2v) is 9.59. The number of fused-ring (bicyclic) bond motifs is 1. The second-order valence-electron chi connectivity index (χ2n) is 9.59. The van der Waals surface area contributed by atoms with Gasteiger partial charge in [-0.05, 0) is 56.0 Å². The van der Waals surface area contributed by atoms with Gasteiger partial charge in [0.1, 0.15) is 5.82 Å². The number of aryl methyl sites for hydroxylation is 1. The number of hydrogen-bond donors (Lipinski definition) is 1. The number of ether oxygens (including phenoxy) is 2. The molecule has 6 nitrogen and oxygen atoms in total. The number of methoxy groups -OCH3 is 1. The third-order valence-electron chi connectivity index (χ3n) is 5.74. The molecule has 3 aromatic rings.